The lowest BCUT2D eigenvalue weighted by Gasteiger charge is -2.10. The summed E-state index contributed by atoms with van der Waals surface area (Å²) in [7, 11) is 0. The van der Waals surface area contributed by atoms with E-state index in [1.807, 2.05) is 0 Å². The molecule has 0 saturated carbocycles. The Balaban J connectivity index is 2.06. The minimum absolute atomic E-state index is 0.309. The third-order valence-electron chi connectivity index (χ3n) is 2.73. The molecule has 0 spiro atoms. The lowest BCUT2D eigenvalue weighted by molar-refractivity contribution is -0.137. The summed E-state index contributed by atoms with van der Waals surface area (Å²) in [6.07, 6.45) is -4.34. The molecule has 0 fully saturated rings. The Bertz CT molecular complexity index is 593. The van der Waals surface area contributed by atoms with Crippen molar-refractivity contribution >= 4 is 21.6 Å². The molecule has 1 nitrogen and oxygen atoms in total. The molecule has 0 aromatic heterocycles. The molecule has 0 aliphatic rings. The minimum Gasteiger partial charge on any atom is -0.381 e. The van der Waals surface area contributed by atoms with Gasteiger partial charge in [-0.3, -0.25) is 0 Å². The van der Waals surface area contributed by atoms with Gasteiger partial charge in [0.1, 0.15) is 5.82 Å². The number of halogens is 5. The van der Waals surface area contributed by atoms with Crippen molar-refractivity contribution in [2.75, 3.05) is 5.32 Å². The molecule has 0 heterocycles. The highest BCUT2D eigenvalue weighted by molar-refractivity contribution is 9.10. The van der Waals surface area contributed by atoms with Crippen molar-refractivity contribution in [3.05, 3.63) is 63.9 Å². The Morgan fingerprint density at radius 1 is 1.00 bits per heavy atom. The van der Waals surface area contributed by atoms with Crippen molar-refractivity contribution in [1.29, 1.82) is 0 Å². The largest absolute Gasteiger partial charge is 0.416 e. The van der Waals surface area contributed by atoms with Crippen LogP contribution < -0.4 is 5.32 Å². The molecule has 0 aliphatic heterocycles. The van der Waals surface area contributed by atoms with Gasteiger partial charge in [0.25, 0.3) is 0 Å². The Kier molecular flexibility index (Phi) is 4.32. The van der Waals surface area contributed by atoms with Gasteiger partial charge in [-0.15, -0.1) is 0 Å². The fraction of sp³-hybridized carbons (Fsp3) is 0.143. The highest BCUT2D eigenvalue weighted by Gasteiger charge is 2.29. The Morgan fingerprint density at radius 2 is 1.65 bits per heavy atom. The normalized spacial score (nSPS) is 11.4. The first-order valence-electron chi connectivity index (χ1n) is 5.72. The van der Waals surface area contributed by atoms with Gasteiger partial charge in [-0.2, -0.15) is 13.2 Å². The average molecular weight is 348 g/mol. The summed E-state index contributed by atoms with van der Waals surface area (Å²) >= 11 is 3.13. The second-order valence-corrected chi connectivity index (χ2v) is 4.93. The zero-order valence-corrected chi connectivity index (χ0v) is 11.7. The number of hydrogen-bond donors (Lipinski definition) is 1. The number of benzene rings is 2. The summed E-state index contributed by atoms with van der Waals surface area (Å²) < 4.78 is 50.8. The average Bonchev–Trinajstić information content (AvgIpc) is 2.40. The quantitative estimate of drug-likeness (QED) is 0.750. The van der Waals surface area contributed by atoms with E-state index >= 15 is 0 Å². The third kappa shape index (κ3) is 3.50. The Labute approximate surface area is 121 Å². The smallest absolute Gasteiger partial charge is 0.381 e. The SMILES string of the molecule is Fc1cccc(CNc2ccc(C(F)(F)F)cc2)c1Br. The van der Waals surface area contributed by atoms with Crippen molar-refractivity contribution < 1.29 is 17.6 Å². The van der Waals surface area contributed by atoms with Crippen LogP contribution in [0.4, 0.5) is 23.2 Å². The topological polar surface area (TPSA) is 12.0 Å². The van der Waals surface area contributed by atoms with Gasteiger partial charge in [-0.05, 0) is 51.8 Å². The van der Waals surface area contributed by atoms with E-state index in [-0.39, 0.29) is 5.82 Å². The van der Waals surface area contributed by atoms with Crippen LogP contribution in [0.2, 0.25) is 0 Å². The molecule has 0 saturated heterocycles. The molecule has 0 bridgehead atoms. The zero-order chi connectivity index (χ0) is 14.8. The van der Waals surface area contributed by atoms with Crippen LogP contribution in [-0.2, 0) is 12.7 Å². The summed E-state index contributed by atoms with van der Waals surface area (Å²) in [4.78, 5) is 0. The van der Waals surface area contributed by atoms with Crippen molar-refractivity contribution in [3.63, 3.8) is 0 Å². The Hall–Kier alpha value is -1.56. The monoisotopic (exact) mass is 347 g/mol. The molecule has 106 valence electrons. The first-order valence-corrected chi connectivity index (χ1v) is 6.51. The highest BCUT2D eigenvalue weighted by Crippen LogP contribution is 2.30. The molecule has 20 heavy (non-hydrogen) atoms. The predicted octanol–water partition coefficient (Wildman–Crippen LogP) is 5.22. The van der Waals surface area contributed by atoms with E-state index in [9.17, 15) is 17.6 Å². The van der Waals surface area contributed by atoms with E-state index in [0.717, 1.165) is 12.1 Å². The van der Waals surface area contributed by atoms with Gasteiger partial charge in [0, 0.05) is 12.2 Å². The van der Waals surface area contributed by atoms with Crippen molar-refractivity contribution in [1.82, 2.24) is 0 Å². The van der Waals surface area contributed by atoms with Crippen LogP contribution in [0.3, 0.4) is 0 Å². The van der Waals surface area contributed by atoms with Gasteiger partial charge >= 0.3 is 6.18 Å². The van der Waals surface area contributed by atoms with E-state index in [0.29, 0.717) is 22.3 Å². The van der Waals surface area contributed by atoms with E-state index in [4.69, 9.17) is 0 Å². The maximum Gasteiger partial charge on any atom is 0.416 e. The van der Waals surface area contributed by atoms with Crippen LogP contribution in [0.1, 0.15) is 11.1 Å². The van der Waals surface area contributed by atoms with Crippen LogP contribution in [0.15, 0.2) is 46.9 Å². The van der Waals surface area contributed by atoms with Crippen LogP contribution in [0.25, 0.3) is 0 Å². The number of hydrogen-bond acceptors (Lipinski definition) is 1. The minimum atomic E-state index is -4.34. The number of alkyl halides is 3. The fourth-order valence-corrected chi connectivity index (χ4v) is 2.06. The maximum atomic E-state index is 13.3. The zero-order valence-electron chi connectivity index (χ0n) is 10.1. The third-order valence-corrected chi connectivity index (χ3v) is 3.61. The van der Waals surface area contributed by atoms with Gasteiger partial charge in [-0.25, -0.2) is 4.39 Å². The lowest BCUT2D eigenvalue weighted by Crippen LogP contribution is -2.05. The molecule has 0 atom stereocenters. The molecule has 6 heteroatoms. The first kappa shape index (κ1) is 14.8. The summed E-state index contributed by atoms with van der Waals surface area (Å²) in [5, 5.41) is 2.94. The van der Waals surface area contributed by atoms with Gasteiger partial charge in [0.2, 0.25) is 0 Å². The second kappa shape index (κ2) is 5.83. The highest BCUT2D eigenvalue weighted by atomic mass is 79.9. The summed E-state index contributed by atoms with van der Waals surface area (Å²) in [5.41, 5.74) is 0.522. The van der Waals surface area contributed by atoms with Gasteiger partial charge < -0.3 is 5.32 Å². The molecule has 0 unspecified atom stereocenters. The molecule has 0 amide bonds. The number of rotatable bonds is 3. The molecule has 2 aromatic rings. The Morgan fingerprint density at radius 3 is 2.25 bits per heavy atom. The van der Waals surface area contributed by atoms with Crippen LogP contribution in [-0.4, -0.2) is 0 Å². The molecule has 0 aliphatic carbocycles. The van der Waals surface area contributed by atoms with Crippen LogP contribution >= 0.6 is 15.9 Å². The molecule has 1 N–H and O–H groups in total. The van der Waals surface area contributed by atoms with Crippen LogP contribution in [0.5, 0.6) is 0 Å². The van der Waals surface area contributed by atoms with Crippen LogP contribution in [0, 0.1) is 5.82 Å². The van der Waals surface area contributed by atoms with E-state index < -0.39 is 11.7 Å². The van der Waals surface area contributed by atoms with Crippen molar-refractivity contribution in [2.45, 2.75) is 12.7 Å². The first-order chi connectivity index (χ1) is 9.38. The standard InChI is InChI=1S/C14H10BrF4N/c15-13-9(2-1-3-12(13)16)8-20-11-6-4-10(5-7-11)14(17,18)19/h1-7,20H,8H2. The molecule has 2 aromatic carbocycles. The van der Waals surface area contributed by atoms with Gasteiger partial charge in [0.15, 0.2) is 0 Å². The van der Waals surface area contributed by atoms with E-state index in [1.165, 1.54) is 18.2 Å². The molecular formula is C14H10BrF4N. The summed E-state index contributed by atoms with van der Waals surface area (Å²) in [6.45, 7) is 0.309. The van der Waals surface area contributed by atoms with Crippen molar-refractivity contribution in [2.24, 2.45) is 0 Å². The van der Waals surface area contributed by atoms with Gasteiger partial charge in [0.05, 0.1) is 10.0 Å². The van der Waals surface area contributed by atoms with E-state index in [2.05, 4.69) is 21.2 Å². The molecule has 0 radical (unpaired) electrons. The molecule has 2 rings (SSSR count). The maximum absolute atomic E-state index is 13.3. The number of nitrogens with one attached hydrogen (secondary N) is 1. The number of anilines is 1. The predicted molar refractivity (Wildman–Crippen MR) is 72.9 cm³/mol. The van der Waals surface area contributed by atoms with Crippen molar-refractivity contribution in [3.8, 4) is 0 Å². The van der Waals surface area contributed by atoms with Gasteiger partial charge in [-0.1, -0.05) is 12.1 Å². The second-order valence-electron chi connectivity index (χ2n) is 4.14. The lowest BCUT2D eigenvalue weighted by atomic mass is 10.2. The summed E-state index contributed by atoms with van der Waals surface area (Å²) in [6, 6.07) is 9.32. The molecular weight excluding hydrogens is 338 g/mol. The van der Waals surface area contributed by atoms with E-state index in [1.54, 1.807) is 12.1 Å². The summed E-state index contributed by atoms with van der Waals surface area (Å²) in [5.74, 6) is -0.378. The fourth-order valence-electron chi connectivity index (χ4n) is 1.66.